The summed E-state index contributed by atoms with van der Waals surface area (Å²) in [5.74, 6) is 0.269. The van der Waals surface area contributed by atoms with E-state index in [1.807, 2.05) is 30.5 Å². The monoisotopic (exact) mass is 336 g/mol. The van der Waals surface area contributed by atoms with Gasteiger partial charge in [-0.15, -0.1) is 0 Å². The quantitative estimate of drug-likeness (QED) is 0.891. The van der Waals surface area contributed by atoms with E-state index < -0.39 is 0 Å². The van der Waals surface area contributed by atoms with Crippen LogP contribution in [-0.2, 0) is 6.42 Å². The van der Waals surface area contributed by atoms with Crippen molar-refractivity contribution >= 4 is 27.5 Å². The molecule has 1 aliphatic carbocycles. The Labute approximate surface area is 126 Å². The zero-order valence-corrected chi connectivity index (χ0v) is 12.7. The summed E-state index contributed by atoms with van der Waals surface area (Å²) < 4.78 is 1.01. The molecule has 0 spiro atoms. The third-order valence-electron chi connectivity index (χ3n) is 3.75. The Hall–Kier alpha value is -0.900. The molecule has 0 fully saturated rings. The molecular formula is C15H14BrClN2. The summed E-state index contributed by atoms with van der Waals surface area (Å²) >= 11 is 9.63. The Bertz CT molecular complexity index is 615. The molecule has 0 saturated carbocycles. The van der Waals surface area contributed by atoms with Crippen molar-refractivity contribution in [1.29, 1.82) is 0 Å². The number of fused-ring (bicyclic) bond motifs is 1. The molecule has 3 rings (SSSR count). The van der Waals surface area contributed by atoms with Crippen molar-refractivity contribution in [3.63, 3.8) is 0 Å². The van der Waals surface area contributed by atoms with Crippen LogP contribution in [0.4, 0.5) is 0 Å². The highest BCUT2D eigenvalue weighted by molar-refractivity contribution is 9.10. The summed E-state index contributed by atoms with van der Waals surface area (Å²) in [6, 6.07) is 9.81. The number of halogens is 2. The highest BCUT2D eigenvalue weighted by Gasteiger charge is 2.30. The first-order valence-electron chi connectivity index (χ1n) is 6.31. The van der Waals surface area contributed by atoms with Crippen molar-refractivity contribution in [2.24, 2.45) is 5.73 Å². The van der Waals surface area contributed by atoms with Crippen molar-refractivity contribution in [3.05, 3.63) is 62.8 Å². The molecule has 2 atom stereocenters. The van der Waals surface area contributed by atoms with Crippen LogP contribution in [0.2, 0.25) is 5.02 Å². The number of hydrogen-bond acceptors (Lipinski definition) is 2. The van der Waals surface area contributed by atoms with Gasteiger partial charge in [0.1, 0.15) is 0 Å². The molecule has 1 aromatic carbocycles. The van der Waals surface area contributed by atoms with E-state index in [1.165, 1.54) is 5.56 Å². The van der Waals surface area contributed by atoms with Gasteiger partial charge in [0.05, 0.1) is 0 Å². The molecule has 2 aromatic rings. The van der Waals surface area contributed by atoms with E-state index in [2.05, 4.69) is 27.0 Å². The lowest BCUT2D eigenvalue weighted by Gasteiger charge is -2.21. The first kappa shape index (κ1) is 13.1. The van der Waals surface area contributed by atoms with Gasteiger partial charge in [0.25, 0.3) is 0 Å². The van der Waals surface area contributed by atoms with E-state index in [1.54, 1.807) is 0 Å². The van der Waals surface area contributed by atoms with Gasteiger partial charge in [-0.3, -0.25) is 4.98 Å². The molecule has 4 heteroatoms. The fourth-order valence-corrected chi connectivity index (χ4v) is 3.47. The highest BCUT2D eigenvalue weighted by atomic mass is 79.9. The smallest absolute Gasteiger partial charge is 0.0485 e. The molecule has 2 N–H and O–H groups in total. The normalized spacial score (nSPS) is 19.2. The number of rotatable bonds is 2. The Morgan fingerprint density at radius 1 is 1.37 bits per heavy atom. The van der Waals surface area contributed by atoms with Crippen molar-refractivity contribution < 1.29 is 0 Å². The van der Waals surface area contributed by atoms with Crippen molar-refractivity contribution in [2.75, 3.05) is 0 Å². The molecule has 0 bridgehead atoms. The van der Waals surface area contributed by atoms with E-state index in [-0.39, 0.29) is 12.0 Å². The molecule has 1 aromatic heterocycles. The number of nitrogens with two attached hydrogens (primary N) is 1. The SMILES string of the molecule is NC(c1cc(Cl)ccc1Br)C1CCc2cccnc21. The van der Waals surface area contributed by atoms with Crippen LogP contribution in [0.25, 0.3) is 0 Å². The van der Waals surface area contributed by atoms with Crippen LogP contribution in [0.3, 0.4) is 0 Å². The summed E-state index contributed by atoms with van der Waals surface area (Å²) in [6.07, 6.45) is 3.95. The van der Waals surface area contributed by atoms with Crippen molar-refractivity contribution in [2.45, 2.75) is 24.8 Å². The van der Waals surface area contributed by atoms with Gasteiger partial charge in [0, 0.05) is 33.3 Å². The third-order valence-corrected chi connectivity index (χ3v) is 4.71. The Balaban J connectivity index is 1.97. The Morgan fingerprint density at radius 2 is 2.21 bits per heavy atom. The van der Waals surface area contributed by atoms with Crippen LogP contribution >= 0.6 is 27.5 Å². The number of aromatic nitrogens is 1. The number of hydrogen-bond donors (Lipinski definition) is 1. The molecule has 98 valence electrons. The number of aryl methyl sites for hydroxylation is 1. The van der Waals surface area contributed by atoms with E-state index in [9.17, 15) is 0 Å². The largest absolute Gasteiger partial charge is 0.323 e. The third kappa shape index (κ3) is 2.42. The van der Waals surface area contributed by atoms with E-state index >= 15 is 0 Å². The van der Waals surface area contributed by atoms with Gasteiger partial charge in [-0.2, -0.15) is 0 Å². The average Bonchev–Trinajstić information content (AvgIpc) is 2.84. The molecule has 1 aliphatic rings. The van der Waals surface area contributed by atoms with Gasteiger partial charge < -0.3 is 5.73 Å². The van der Waals surface area contributed by atoms with Crippen molar-refractivity contribution in [3.8, 4) is 0 Å². The molecule has 0 amide bonds. The van der Waals surface area contributed by atoms with Crippen LogP contribution in [0.1, 0.15) is 35.2 Å². The predicted octanol–water partition coefficient (Wildman–Crippen LogP) is 4.23. The summed E-state index contributed by atoms with van der Waals surface area (Å²) in [6.45, 7) is 0. The lowest BCUT2D eigenvalue weighted by molar-refractivity contribution is 0.539. The van der Waals surface area contributed by atoms with E-state index in [0.29, 0.717) is 5.02 Å². The van der Waals surface area contributed by atoms with Gasteiger partial charge in [0.15, 0.2) is 0 Å². The fraction of sp³-hybridized carbons (Fsp3) is 0.267. The number of benzene rings is 1. The molecule has 2 unspecified atom stereocenters. The van der Waals surface area contributed by atoms with Gasteiger partial charge >= 0.3 is 0 Å². The van der Waals surface area contributed by atoms with Crippen LogP contribution in [0, 0.1) is 0 Å². The molecule has 1 heterocycles. The molecule has 19 heavy (non-hydrogen) atoms. The van der Waals surface area contributed by atoms with Gasteiger partial charge in [-0.05, 0) is 48.2 Å². The van der Waals surface area contributed by atoms with E-state index in [0.717, 1.165) is 28.6 Å². The Morgan fingerprint density at radius 3 is 3.05 bits per heavy atom. The number of nitrogens with zero attached hydrogens (tertiary/aromatic N) is 1. The van der Waals surface area contributed by atoms with Crippen LogP contribution in [0.5, 0.6) is 0 Å². The standard InChI is InChI=1S/C15H14BrClN2/c16-13-6-4-10(17)8-12(13)14(18)11-5-3-9-2-1-7-19-15(9)11/h1-2,4,6-8,11,14H,3,5,18H2. The molecule has 0 radical (unpaired) electrons. The average molecular weight is 338 g/mol. The maximum atomic E-state index is 6.46. The zero-order chi connectivity index (χ0) is 13.4. The molecular weight excluding hydrogens is 324 g/mol. The zero-order valence-electron chi connectivity index (χ0n) is 10.3. The fourth-order valence-electron chi connectivity index (χ4n) is 2.78. The van der Waals surface area contributed by atoms with Crippen LogP contribution < -0.4 is 5.73 Å². The minimum atomic E-state index is -0.0794. The molecule has 0 aliphatic heterocycles. The lowest BCUT2D eigenvalue weighted by Crippen LogP contribution is -2.19. The van der Waals surface area contributed by atoms with E-state index in [4.69, 9.17) is 17.3 Å². The second kappa shape index (κ2) is 5.23. The predicted molar refractivity (Wildman–Crippen MR) is 81.4 cm³/mol. The maximum absolute atomic E-state index is 6.46. The summed E-state index contributed by atoms with van der Waals surface area (Å²) in [5, 5.41) is 0.716. The second-order valence-electron chi connectivity index (χ2n) is 4.88. The minimum absolute atomic E-state index is 0.0794. The first-order chi connectivity index (χ1) is 9.16. The maximum Gasteiger partial charge on any atom is 0.0485 e. The highest BCUT2D eigenvalue weighted by Crippen LogP contribution is 2.41. The molecule has 2 nitrogen and oxygen atoms in total. The van der Waals surface area contributed by atoms with Crippen molar-refractivity contribution in [1.82, 2.24) is 4.98 Å². The summed E-state index contributed by atoms with van der Waals surface area (Å²) in [5.41, 5.74) is 9.97. The van der Waals surface area contributed by atoms with Gasteiger partial charge in [-0.25, -0.2) is 0 Å². The summed E-state index contributed by atoms with van der Waals surface area (Å²) in [4.78, 5) is 4.51. The van der Waals surface area contributed by atoms with Gasteiger partial charge in [-0.1, -0.05) is 33.6 Å². The summed E-state index contributed by atoms with van der Waals surface area (Å²) in [7, 11) is 0. The van der Waals surface area contributed by atoms with Crippen LogP contribution in [-0.4, -0.2) is 4.98 Å². The van der Waals surface area contributed by atoms with Crippen LogP contribution in [0.15, 0.2) is 41.0 Å². The number of pyridine rings is 1. The van der Waals surface area contributed by atoms with Gasteiger partial charge in [0.2, 0.25) is 0 Å². The minimum Gasteiger partial charge on any atom is -0.323 e. The second-order valence-corrected chi connectivity index (χ2v) is 6.18. The Kier molecular flexibility index (Phi) is 3.61. The first-order valence-corrected chi connectivity index (χ1v) is 7.48. The topological polar surface area (TPSA) is 38.9 Å². The molecule has 0 saturated heterocycles. The lowest BCUT2D eigenvalue weighted by atomic mass is 9.91.